The number of nitrogens with zero attached hydrogens (tertiary/aromatic N) is 1. The fourth-order valence-corrected chi connectivity index (χ4v) is 3.11. The van der Waals surface area contributed by atoms with Gasteiger partial charge in [0.1, 0.15) is 0 Å². The molecule has 2 aromatic rings. The standard InChI is InChI=1S/C19H25N3O2S/c1-22(2)16-11-9-15(10-12-16)21-19(24)14-20-18(23)8-4-3-6-17-7-5-13-25-17/h5,7,9-13H,3-4,6,8,14H2,1-2H3,(H,20,23)(H,21,24). The number of rotatable bonds is 9. The minimum absolute atomic E-state index is 0.000804. The molecule has 0 radical (unpaired) electrons. The molecule has 0 aliphatic heterocycles. The minimum atomic E-state index is -0.218. The molecular weight excluding hydrogens is 334 g/mol. The number of aryl methyl sites for hydroxylation is 1. The number of carbonyl (C=O) groups excluding carboxylic acids is 2. The van der Waals surface area contributed by atoms with Crippen LogP contribution in [0, 0.1) is 0 Å². The molecule has 0 fully saturated rings. The summed E-state index contributed by atoms with van der Waals surface area (Å²) in [6.07, 6.45) is 3.28. The lowest BCUT2D eigenvalue weighted by molar-refractivity contribution is -0.124. The number of hydrogen-bond acceptors (Lipinski definition) is 4. The second-order valence-electron chi connectivity index (χ2n) is 6.05. The number of thiophene rings is 1. The number of benzene rings is 1. The van der Waals surface area contributed by atoms with Crippen molar-refractivity contribution in [2.24, 2.45) is 0 Å². The zero-order valence-electron chi connectivity index (χ0n) is 14.7. The van der Waals surface area contributed by atoms with Gasteiger partial charge in [0.15, 0.2) is 0 Å². The van der Waals surface area contributed by atoms with Crippen LogP contribution in [0.3, 0.4) is 0 Å². The molecule has 0 aliphatic rings. The molecule has 0 unspecified atom stereocenters. The van der Waals surface area contributed by atoms with Crippen LogP contribution in [0.25, 0.3) is 0 Å². The van der Waals surface area contributed by atoms with Crippen molar-refractivity contribution in [1.82, 2.24) is 5.32 Å². The summed E-state index contributed by atoms with van der Waals surface area (Å²) < 4.78 is 0. The maximum atomic E-state index is 11.9. The van der Waals surface area contributed by atoms with Gasteiger partial charge >= 0.3 is 0 Å². The SMILES string of the molecule is CN(C)c1ccc(NC(=O)CNC(=O)CCCCc2cccs2)cc1. The van der Waals surface area contributed by atoms with Crippen LogP contribution in [0.4, 0.5) is 11.4 Å². The Bertz CT molecular complexity index is 666. The highest BCUT2D eigenvalue weighted by Gasteiger charge is 2.06. The van der Waals surface area contributed by atoms with Crippen LogP contribution in [0.15, 0.2) is 41.8 Å². The van der Waals surface area contributed by atoms with E-state index in [9.17, 15) is 9.59 Å². The van der Waals surface area contributed by atoms with Crippen molar-refractivity contribution in [2.75, 3.05) is 30.9 Å². The molecule has 134 valence electrons. The maximum absolute atomic E-state index is 11.9. The first-order valence-corrected chi connectivity index (χ1v) is 9.29. The number of hydrogen-bond donors (Lipinski definition) is 2. The first-order chi connectivity index (χ1) is 12.0. The predicted octanol–water partition coefficient (Wildman–Crippen LogP) is 3.28. The van der Waals surface area contributed by atoms with Gasteiger partial charge < -0.3 is 15.5 Å². The molecule has 0 saturated heterocycles. The summed E-state index contributed by atoms with van der Waals surface area (Å²) >= 11 is 1.74. The number of carbonyl (C=O) groups is 2. The van der Waals surface area contributed by atoms with Gasteiger partial charge in [0.05, 0.1) is 6.54 Å². The fourth-order valence-electron chi connectivity index (χ4n) is 2.35. The molecule has 1 heterocycles. The van der Waals surface area contributed by atoms with Gasteiger partial charge in [-0.15, -0.1) is 11.3 Å². The number of amides is 2. The van der Waals surface area contributed by atoms with Gasteiger partial charge in [-0.1, -0.05) is 6.07 Å². The van der Waals surface area contributed by atoms with Gasteiger partial charge in [-0.25, -0.2) is 0 Å². The van der Waals surface area contributed by atoms with Crippen molar-refractivity contribution in [2.45, 2.75) is 25.7 Å². The molecule has 0 aliphatic carbocycles. The lowest BCUT2D eigenvalue weighted by Crippen LogP contribution is -2.32. The zero-order chi connectivity index (χ0) is 18.1. The highest BCUT2D eigenvalue weighted by molar-refractivity contribution is 7.09. The van der Waals surface area contributed by atoms with Crippen molar-refractivity contribution in [3.63, 3.8) is 0 Å². The van der Waals surface area contributed by atoms with E-state index in [1.165, 1.54) is 4.88 Å². The van der Waals surface area contributed by atoms with E-state index in [1.54, 1.807) is 11.3 Å². The Morgan fingerprint density at radius 2 is 1.80 bits per heavy atom. The topological polar surface area (TPSA) is 61.4 Å². The molecule has 0 saturated carbocycles. The van der Waals surface area contributed by atoms with Gasteiger partial charge in [0, 0.05) is 36.8 Å². The van der Waals surface area contributed by atoms with E-state index in [4.69, 9.17) is 0 Å². The molecule has 1 aromatic heterocycles. The molecule has 0 spiro atoms. The Hall–Kier alpha value is -2.34. The van der Waals surface area contributed by atoms with Crippen LogP contribution in [0.2, 0.25) is 0 Å². The van der Waals surface area contributed by atoms with Gasteiger partial charge in [-0.3, -0.25) is 9.59 Å². The Morgan fingerprint density at radius 3 is 2.44 bits per heavy atom. The number of nitrogens with one attached hydrogen (secondary N) is 2. The largest absolute Gasteiger partial charge is 0.378 e. The summed E-state index contributed by atoms with van der Waals surface area (Å²) in [6.45, 7) is -0.000804. The predicted molar refractivity (Wildman–Crippen MR) is 104 cm³/mol. The second kappa shape index (κ2) is 9.84. The van der Waals surface area contributed by atoms with Crippen molar-refractivity contribution < 1.29 is 9.59 Å². The molecule has 0 atom stereocenters. The first kappa shape index (κ1) is 19.0. The van der Waals surface area contributed by atoms with Crippen LogP contribution in [0.5, 0.6) is 0 Å². The van der Waals surface area contributed by atoms with Crippen molar-refractivity contribution in [3.05, 3.63) is 46.7 Å². The average molecular weight is 359 g/mol. The molecular formula is C19H25N3O2S. The minimum Gasteiger partial charge on any atom is -0.378 e. The van der Waals surface area contributed by atoms with E-state index in [0.717, 1.165) is 30.6 Å². The van der Waals surface area contributed by atoms with Gasteiger partial charge in [0.2, 0.25) is 11.8 Å². The van der Waals surface area contributed by atoms with Gasteiger partial charge in [-0.2, -0.15) is 0 Å². The third-order valence-electron chi connectivity index (χ3n) is 3.77. The quantitative estimate of drug-likeness (QED) is 0.676. The van der Waals surface area contributed by atoms with E-state index in [2.05, 4.69) is 22.1 Å². The van der Waals surface area contributed by atoms with Gasteiger partial charge in [-0.05, 0) is 55.0 Å². The normalized spacial score (nSPS) is 10.3. The highest BCUT2D eigenvalue weighted by Crippen LogP contribution is 2.15. The van der Waals surface area contributed by atoms with Crippen LogP contribution in [0.1, 0.15) is 24.1 Å². The Morgan fingerprint density at radius 1 is 1.04 bits per heavy atom. The van der Waals surface area contributed by atoms with Crippen LogP contribution < -0.4 is 15.5 Å². The van der Waals surface area contributed by atoms with E-state index in [-0.39, 0.29) is 18.4 Å². The number of anilines is 2. The summed E-state index contributed by atoms with van der Waals surface area (Å²) in [5.41, 5.74) is 1.79. The zero-order valence-corrected chi connectivity index (χ0v) is 15.6. The summed E-state index contributed by atoms with van der Waals surface area (Å²) in [6, 6.07) is 11.7. The van der Waals surface area contributed by atoms with Crippen LogP contribution in [-0.2, 0) is 16.0 Å². The first-order valence-electron chi connectivity index (χ1n) is 8.41. The van der Waals surface area contributed by atoms with E-state index >= 15 is 0 Å². The smallest absolute Gasteiger partial charge is 0.243 e. The van der Waals surface area contributed by atoms with E-state index < -0.39 is 0 Å². The number of unbranched alkanes of at least 4 members (excludes halogenated alkanes) is 1. The van der Waals surface area contributed by atoms with E-state index in [0.29, 0.717) is 6.42 Å². The molecule has 5 nitrogen and oxygen atoms in total. The highest BCUT2D eigenvalue weighted by atomic mass is 32.1. The fraction of sp³-hybridized carbons (Fsp3) is 0.368. The lowest BCUT2D eigenvalue weighted by atomic mass is 10.1. The Kier molecular flexibility index (Phi) is 7.47. The molecule has 2 N–H and O–H groups in total. The third kappa shape index (κ3) is 6.97. The molecule has 2 amide bonds. The Labute approximate surface area is 153 Å². The van der Waals surface area contributed by atoms with Crippen molar-refractivity contribution in [1.29, 1.82) is 0 Å². The average Bonchev–Trinajstić information content (AvgIpc) is 3.11. The molecule has 1 aromatic carbocycles. The lowest BCUT2D eigenvalue weighted by Gasteiger charge is -2.13. The van der Waals surface area contributed by atoms with Crippen LogP contribution >= 0.6 is 11.3 Å². The summed E-state index contributed by atoms with van der Waals surface area (Å²) in [5, 5.41) is 7.51. The maximum Gasteiger partial charge on any atom is 0.243 e. The molecule has 6 heteroatoms. The van der Waals surface area contributed by atoms with Crippen molar-refractivity contribution in [3.8, 4) is 0 Å². The van der Waals surface area contributed by atoms with Crippen molar-refractivity contribution >= 4 is 34.5 Å². The van der Waals surface area contributed by atoms with Crippen LogP contribution in [-0.4, -0.2) is 32.5 Å². The third-order valence-corrected chi connectivity index (χ3v) is 4.71. The van der Waals surface area contributed by atoms with E-state index in [1.807, 2.05) is 49.3 Å². The molecule has 2 rings (SSSR count). The summed E-state index contributed by atoms with van der Waals surface area (Å²) in [7, 11) is 3.92. The monoisotopic (exact) mass is 359 g/mol. The summed E-state index contributed by atoms with van der Waals surface area (Å²) in [5.74, 6) is -0.297. The van der Waals surface area contributed by atoms with Gasteiger partial charge in [0.25, 0.3) is 0 Å². The molecule has 25 heavy (non-hydrogen) atoms. The molecule has 0 bridgehead atoms. The summed E-state index contributed by atoms with van der Waals surface area (Å²) in [4.78, 5) is 27.0. The second-order valence-corrected chi connectivity index (χ2v) is 7.08. The Balaban J connectivity index is 1.61.